The van der Waals surface area contributed by atoms with Crippen LogP contribution in [0.3, 0.4) is 0 Å². The molecule has 1 aliphatic rings. The molecule has 0 aliphatic heterocycles. The molecule has 2 N–H and O–H groups in total. The Balaban J connectivity index is 1.74. The predicted molar refractivity (Wildman–Crippen MR) is 53.9 cm³/mol. The van der Waals surface area contributed by atoms with E-state index in [0.717, 1.165) is 18.9 Å². The Morgan fingerprint density at radius 2 is 2.29 bits per heavy atom. The zero-order valence-corrected chi connectivity index (χ0v) is 8.15. The molecule has 1 heterocycles. The molecule has 0 spiro atoms. The Morgan fingerprint density at radius 3 is 2.93 bits per heavy atom. The summed E-state index contributed by atoms with van der Waals surface area (Å²) in [7, 11) is 0. The molecule has 0 bridgehead atoms. The monoisotopic (exact) mass is 193 g/mol. The summed E-state index contributed by atoms with van der Waals surface area (Å²) >= 11 is 0. The van der Waals surface area contributed by atoms with E-state index in [1.54, 1.807) is 6.20 Å². The molecule has 0 unspecified atom stereocenters. The fraction of sp³-hybridized carbons (Fsp3) is 0.600. The van der Waals surface area contributed by atoms with Gasteiger partial charge in [0, 0.05) is 0 Å². The Bertz CT molecular complexity index is 299. The summed E-state index contributed by atoms with van der Waals surface area (Å²) in [6, 6.07) is 0. The molecular weight excluding hydrogens is 178 g/mol. The van der Waals surface area contributed by atoms with Crippen LogP contribution in [-0.4, -0.2) is 16.6 Å². The van der Waals surface area contributed by atoms with Crippen molar-refractivity contribution in [1.29, 1.82) is 0 Å². The zero-order chi connectivity index (χ0) is 9.80. The Kier molecular flexibility index (Phi) is 2.81. The van der Waals surface area contributed by atoms with Gasteiger partial charge in [-0.2, -0.15) is 4.98 Å². The van der Waals surface area contributed by atoms with Gasteiger partial charge in [0.25, 0.3) is 0 Å². The van der Waals surface area contributed by atoms with Crippen molar-refractivity contribution in [2.24, 2.45) is 5.92 Å². The molecule has 2 rings (SSSR count). The maximum absolute atomic E-state index is 5.47. The molecule has 4 heteroatoms. The number of hydrogen-bond donors (Lipinski definition) is 1. The third-order valence-corrected chi connectivity index (χ3v) is 2.63. The van der Waals surface area contributed by atoms with Crippen molar-refractivity contribution in [2.75, 3.05) is 12.3 Å². The molecule has 76 valence electrons. The van der Waals surface area contributed by atoms with Gasteiger partial charge >= 0.3 is 0 Å². The molecule has 0 saturated heterocycles. The number of ether oxygens (including phenoxy) is 1. The first-order chi connectivity index (χ1) is 6.84. The topological polar surface area (TPSA) is 61.0 Å². The van der Waals surface area contributed by atoms with Crippen LogP contribution in [0.25, 0.3) is 0 Å². The standard InChI is InChI=1S/C10H15N3O/c11-9-6-12-7-10(13-9)14-5-4-8-2-1-3-8/h6-8H,1-5H2,(H2,11,13). The van der Waals surface area contributed by atoms with Crippen LogP contribution in [0.2, 0.25) is 0 Å². The lowest BCUT2D eigenvalue weighted by Crippen LogP contribution is -2.14. The van der Waals surface area contributed by atoms with Gasteiger partial charge < -0.3 is 10.5 Å². The van der Waals surface area contributed by atoms with E-state index in [2.05, 4.69) is 9.97 Å². The quantitative estimate of drug-likeness (QED) is 0.789. The van der Waals surface area contributed by atoms with Gasteiger partial charge in [-0.25, -0.2) is 0 Å². The van der Waals surface area contributed by atoms with Crippen LogP contribution in [0.5, 0.6) is 5.88 Å². The minimum absolute atomic E-state index is 0.408. The van der Waals surface area contributed by atoms with Crippen molar-refractivity contribution < 1.29 is 4.74 Å². The molecule has 1 saturated carbocycles. The average Bonchev–Trinajstić information content (AvgIpc) is 2.09. The summed E-state index contributed by atoms with van der Waals surface area (Å²) in [5, 5.41) is 0. The minimum atomic E-state index is 0.408. The first-order valence-electron chi connectivity index (χ1n) is 5.05. The van der Waals surface area contributed by atoms with Gasteiger partial charge in [0.15, 0.2) is 0 Å². The largest absolute Gasteiger partial charge is 0.477 e. The number of rotatable bonds is 4. The van der Waals surface area contributed by atoms with Crippen molar-refractivity contribution in [1.82, 2.24) is 9.97 Å². The zero-order valence-electron chi connectivity index (χ0n) is 8.15. The molecule has 0 radical (unpaired) electrons. The van der Waals surface area contributed by atoms with Gasteiger partial charge in [0.2, 0.25) is 5.88 Å². The van der Waals surface area contributed by atoms with Crippen LogP contribution < -0.4 is 10.5 Å². The van der Waals surface area contributed by atoms with Crippen LogP contribution >= 0.6 is 0 Å². The Morgan fingerprint density at radius 1 is 1.43 bits per heavy atom. The molecule has 14 heavy (non-hydrogen) atoms. The summed E-state index contributed by atoms with van der Waals surface area (Å²) in [6.45, 7) is 0.725. The smallest absolute Gasteiger partial charge is 0.234 e. The van der Waals surface area contributed by atoms with E-state index < -0.39 is 0 Å². The molecule has 4 nitrogen and oxygen atoms in total. The van der Waals surface area contributed by atoms with E-state index in [1.807, 2.05) is 0 Å². The van der Waals surface area contributed by atoms with Crippen LogP contribution in [0.1, 0.15) is 25.7 Å². The van der Waals surface area contributed by atoms with Crippen molar-refractivity contribution in [3.05, 3.63) is 12.4 Å². The first-order valence-corrected chi connectivity index (χ1v) is 5.05. The lowest BCUT2D eigenvalue weighted by molar-refractivity contribution is 0.217. The number of nitrogens with zero attached hydrogens (tertiary/aromatic N) is 2. The van der Waals surface area contributed by atoms with E-state index in [4.69, 9.17) is 10.5 Å². The Labute approximate surface area is 83.5 Å². The summed E-state index contributed by atoms with van der Waals surface area (Å²) in [4.78, 5) is 7.91. The summed E-state index contributed by atoms with van der Waals surface area (Å²) in [5.41, 5.74) is 5.47. The van der Waals surface area contributed by atoms with Crippen molar-refractivity contribution >= 4 is 5.82 Å². The molecule has 0 aromatic carbocycles. The van der Waals surface area contributed by atoms with E-state index in [1.165, 1.54) is 25.5 Å². The van der Waals surface area contributed by atoms with Crippen LogP contribution in [-0.2, 0) is 0 Å². The molecule has 1 aromatic rings. The van der Waals surface area contributed by atoms with E-state index in [-0.39, 0.29) is 0 Å². The molecule has 0 atom stereocenters. The van der Waals surface area contributed by atoms with Gasteiger partial charge in [0.05, 0.1) is 19.0 Å². The molecular formula is C10H15N3O. The fourth-order valence-corrected chi connectivity index (χ4v) is 1.54. The number of hydrogen-bond acceptors (Lipinski definition) is 4. The van der Waals surface area contributed by atoms with Gasteiger partial charge in [-0.1, -0.05) is 19.3 Å². The second-order valence-electron chi connectivity index (χ2n) is 3.72. The lowest BCUT2D eigenvalue weighted by atomic mass is 9.83. The SMILES string of the molecule is Nc1cncc(OCCC2CCC2)n1. The Hall–Kier alpha value is -1.32. The molecule has 0 amide bonds. The van der Waals surface area contributed by atoms with Crippen molar-refractivity contribution in [2.45, 2.75) is 25.7 Å². The van der Waals surface area contributed by atoms with Gasteiger partial charge in [0.1, 0.15) is 5.82 Å². The summed E-state index contributed by atoms with van der Waals surface area (Å²) < 4.78 is 5.44. The number of nitrogen functional groups attached to an aromatic ring is 1. The van der Waals surface area contributed by atoms with Gasteiger partial charge in [-0.15, -0.1) is 0 Å². The normalized spacial score (nSPS) is 16.3. The molecule has 1 fully saturated rings. The predicted octanol–water partition coefficient (Wildman–Crippen LogP) is 1.63. The second kappa shape index (κ2) is 4.26. The van der Waals surface area contributed by atoms with Crippen LogP contribution in [0, 0.1) is 5.92 Å². The minimum Gasteiger partial charge on any atom is -0.477 e. The van der Waals surface area contributed by atoms with Crippen molar-refractivity contribution in [3.8, 4) is 5.88 Å². The third kappa shape index (κ3) is 2.34. The molecule has 1 aromatic heterocycles. The number of nitrogens with two attached hydrogens (primary N) is 1. The summed E-state index contributed by atoms with van der Waals surface area (Å²) in [5.74, 6) is 1.81. The van der Waals surface area contributed by atoms with Crippen molar-refractivity contribution in [3.63, 3.8) is 0 Å². The average molecular weight is 193 g/mol. The number of anilines is 1. The van der Waals surface area contributed by atoms with E-state index in [0.29, 0.717) is 11.7 Å². The van der Waals surface area contributed by atoms with Crippen LogP contribution in [0.4, 0.5) is 5.82 Å². The van der Waals surface area contributed by atoms with E-state index >= 15 is 0 Å². The maximum Gasteiger partial charge on any atom is 0.234 e. The summed E-state index contributed by atoms with van der Waals surface area (Å²) in [6.07, 6.45) is 8.31. The van der Waals surface area contributed by atoms with E-state index in [9.17, 15) is 0 Å². The molecule has 1 aliphatic carbocycles. The highest BCUT2D eigenvalue weighted by Crippen LogP contribution is 2.29. The maximum atomic E-state index is 5.47. The highest BCUT2D eigenvalue weighted by atomic mass is 16.5. The highest BCUT2D eigenvalue weighted by molar-refractivity contribution is 5.25. The third-order valence-electron chi connectivity index (χ3n) is 2.63. The number of aromatic nitrogens is 2. The highest BCUT2D eigenvalue weighted by Gasteiger charge is 2.16. The first kappa shape index (κ1) is 9.24. The van der Waals surface area contributed by atoms with Crippen LogP contribution in [0.15, 0.2) is 12.4 Å². The van der Waals surface area contributed by atoms with Gasteiger partial charge in [-0.05, 0) is 12.3 Å². The lowest BCUT2D eigenvalue weighted by Gasteiger charge is -2.24. The van der Waals surface area contributed by atoms with Gasteiger partial charge in [-0.3, -0.25) is 4.98 Å². The fourth-order valence-electron chi connectivity index (χ4n) is 1.54. The second-order valence-corrected chi connectivity index (χ2v) is 3.72.